The van der Waals surface area contributed by atoms with Crippen LogP contribution < -0.4 is 21.3 Å². The van der Waals surface area contributed by atoms with E-state index in [1.165, 1.54) is 0 Å². The number of halogens is 2. The average Bonchev–Trinajstić information content (AvgIpc) is 3.04. The third-order valence-electron chi connectivity index (χ3n) is 7.00. The van der Waals surface area contributed by atoms with Crippen LogP contribution in [0.3, 0.4) is 0 Å². The number of hydrogen-bond donors (Lipinski definition) is 4. The molecule has 4 rings (SSSR count). The molecule has 0 fully saturated rings. The lowest BCUT2D eigenvalue weighted by Gasteiger charge is -2.29. The van der Waals surface area contributed by atoms with Gasteiger partial charge in [0.1, 0.15) is 6.04 Å². The SMILES string of the molecule is CC(C)(CC(=O)N[C@@H]1CCc2ccccc2N(Cc2ccc(-c3ccccc3C(=O)O)cc2)C1=O)NCCN.Cl.Cl. The fraction of sp³-hybridized carbons (Fsp3) is 0.323. The van der Waals surface area contributed by atoms with E-state index < -0.39 is 17.6 Å². The number of para-hydroxylation sites is 1. The molecule has 8 nitrogen and oxygen atoms in total. The van der Waals surface area contributed by atoms with E-state index in [0.717, 1.165) is 22.4 Å². The zero-order chi connectivity index (χ0) is 28.0. The van der Waals surface area contributed by atoms with Crippen LogP contribution in [0.25, 0.3) is 11.1 Å². The molecule has 0 saturated heterocycles. The molecule has 5 N–H and O–H groups in total. The van der Waals surface area contributed by atoms with Crippen molar-refractivity contribution in [3.63, 3.8) is 0 Å². The van der Waals surface area contributed by atoms with Crippen LogP contribution in [0, 0.1) is 0 Å². The second-order valence-electron chi connectivity index (χ2n) is 10.5. The normalized spacial score (nSPS) is 14.7. The lowest BCUT2D eigenvalue weighted by atomic mass is 9.98. The summed E-state index contributed by atoms with van der Waals surface area (Å²) in [6.45, 7) is 5.29. The number of carbonyl (C=O) groups is 3. The number of carboxylic acids is 1. The van der Waals surface area contributed by atoms with Gasteiger partial charge in [0.2, 0.25) is 11.8 Å². The minimum absolute atomic E-state index is 0. The number of nitrogens with zero attached hydrogens (tertiary/aromatic N) is 1. The number of aryl methyl sites for hydroxylation is 1. The molecular weight excluding hydrogens is 563 g/mol. The number of benzene rings is 3. The highest BCUT2D eigenvalue weighted by atomic mass is 35.5. The molecule has 10 heteroatoms. The Morgan fingerprint density at radius 1 is 1.00 bits per heavy atom. The second-order valence-corrected chi connectivity index (χ2v) is 10.5. The van der Waals surface area contributed by atoms with Crippen molar-refractivity contribution in [3.05, 3.63) is 89.5 Å². The van der Waals surface area contributed by atoms with Gasteiger partial charge in [-0.1, -0.05) is 60.7 Å². The molecule has 0 saturated carbocycles. The predicted molar refractivity (Wildman–Crippen MR) is 167 cm³/mol. The summed E-state index contributed by atoms with van der Waals surface area (Å²) in [6.07, 6.45) is 1.41. The van der Waals surface area contributed by atoms with E-state index >= 15 is 0 Å². The summed E-state index contributed by atoms with van der Waals surface area (Å²) in [5, 5.41) is 15.8. The van der Waals surface area contributed by atoms with Crippen LogP contribution >= 0.6 is 24.8 Å². The first-order valence-electron chi connectivity index (χ1n) is 13.2. The molecule has 0 radical (unpaired) electrons. The van der Waals surface area contributed by atoms with Crippen molar-refractivity contribution in [2.24, 2.45) is 5.73 Å². The number of carbonyl (C=O) groups excluding carboxylic acids is 2. The average molecular weight is 602 g/mol. The monoisotopic (exact) mass is 600 g/mol. The van der Waals surface area contributed by atoms with Crippen LogP contribution in [-0.4, -0.2) is 47.6 Å². The van der Waals surface area contributed by atoms with Gasteiger partial charge in [-0.05, 0) is 61.1 Å². The van der Waals surface area contributed by atoms with E-state index in [1.54, 1.807) is 23.1 Å². The summed E-state index contributed by atoms with van der Waals surface area (Å²) < 4.78 is 0. The van der Waals surface area contributed by atoms with Gasteiger partial charge in [-0.3, -0.25) is 9.59 Å². The molecule has 0 unspecified atom stereocenters. The van der Waals surface area contributed by atoms with Gasteiger partial charge < -0.3 is 26.4 Å². The summed E-state index contributed by atoms with van der Waals surface area (Å²) in [4.78, 5) is 40.1. The highest BCUT2D eigenvalue weighted by Gasteiger charge is 2.32. The Kier molecular flexibility index (Phi) is 12.3. The van der Waals surface area contributed by atoms with Gasteiger partial charge in [-0.25, -0.2) is 4.79 Å². The molecule has 0 spiro atoms. The molecule has 3 aromatic rings. The largest absolute Gasteiger partial charge is 0.478 e. The first-order chi connectivity index (χ1) is 18.7. The first kappa shape index (κ1) is 33.8. The van der Waals surface area contributed by atoms with Crippen LogP contribution in [-0.2, 0) is 22.6 Å². The Hall–Kier alpha value is -3.43. The zero-order valence-electron chi connectivity index (χ0n) is 23.3. The van der Waals surface area contributed by atoms with Crippen molar-refractivity contribution in [1.82, 2.24) is 10.6 Å². The Labute approximate surface area is 253 Å². The third-order valence-corrected chi connectivity index (χ3v) is 7.00. The quantitative estimate of drug-likeness (QED) is 0.270. The molecular formula is C31H38Cl2N4O4. The van der Waals surface area contributed by atoms with Gasteiger partial charge in [0, 0.05) is 30.7 Å². The van der Waals surface area contributed by atoms with E-state index in [9.17, 15) is 19.5 Å². The summed E-state index contributed by atoms with van der Waals surface area (Å²) in [5.41, 5.74) is 9.60. The minimum Gasteiger partial charge on any atom is -0.478 e. The van der Waals surface area contributed by atoms with Crippen molar-refractivity contribution in [3.8, 4) is 11.1 Å². The minimum atomic E-state index is -0.979. The number of rotatable bonds is 10. The number of anilines is 1. The summed E-state index contributed by atoms with van der Waals surface area (Å²) >= 11 is 0. The highest BCUT2D eigenvalue weighted by molar-refractivity contribution is 6.00. The van der Waals surface area contributed by atoms with Crippen LogP contribution in [0.4, 0.5) is 5.69 Å². The molecule has 0 bridgehead atoms. The second kappa shape index (κ2) is 15.0. The van der Waals surface area contributed by atoms with Crippen LogP contribution in [0.15, 0.2) is 72.8 Å². The van der Waals surface area contributed by atoms with Crippen molar-refractivity contribution >= 4 is 48.3 Å². The molecule has 1 heterocycles. The molecule has 3 aromatic carbocycles. The summed E-state index contributed by atoms with van der Waals surface area (Å²) in [7, 11) is 0. The Morgan fingerprint density at radius 3 is 2.34 bits per heavy atom. The molecule has 41 heavy (non-hydrogen) atoms. The fourth-order valence-corrected chi connectivity index (χ4v) is 5.03. The maximum atomic E-state index is 13.8. The predicted octanol–water partition coefficient (Wildman–Crippen LogP) is 4.58. The number of hydrogen-bond acceptors (Lipinski definition) is 5. The number of amides is 2. The van der Waals surface area contributed by atoms with Crippen LogP contribution in [0.2, 0.25) is 0 Å². The lowest BCUT2D eigenvalue weighted by Crippen LogP contribution is -2.51. The zero-order valence-corrected chi connectivity index (χ0v) is 24.9. The van der Waals surface area contributed by atoms with Crippen LogP contribution in [0.5, 0.6) is 0 Å². The number of nitrogens with one attached hydrogen (secondary N) is 2. The topological polar surface area (TPSA) is 125 Å². The first-order valence-corrected chi connectivity index (χ1v) is 13.2. The molecule has 1 atom stereocenters. The Morgan fingerprint density at radius 2 is 1.66 bits per heavy atom. The van der Waals surface area contributed by atoms with Gasteiger partial charge in [0.15, 0.2) is 0 Å². The lowest BCUT2D eigenvalue weighted by molar-refractivity contribution is -0.128. The van der Waals surface area contributed by atoms with Gasteiger partial charge in [0.25, 0.3) is 0 Å². The van der Waals surface area contributed by atoms with Gasteiger partial charge in [-0.15, -0.1) is 24.8 Å². The van der Waals surface area contributed by atoms with E-state index in [4.69, 9.17) is 5.73 Å². The number of carboxylic acid groups (broad SMARTS) is 1. The van der Waals surface area contributed by atoms with Crippen molar-refractivity contribution in [2.75, 3.05) is 18.0 Å². The molecule has 1 aliphatic heterocycles. The standard InChI is InChI=1S/C31H36N4O4.2ClH/c1-31(2,33-18-17-32)19-28(36)34-26-16-15-23-7-3-6-10-27(23)35(29(26)37)20-21-11-13-22(14-12-21)24-8-4-5-9-25(24)30(38)39;;/h3-14,26,33H,15-20,32H2,1-2H3,(H,34,36)(H,38,39);2*1H/t26-;;/m1../s1. The van der Waals surface area contributed by atoms with E-state index in [2.05, 4.69) is 10.6 Å². The summed E-state index contributed by atoms with van der Waals surface area (Å²) in [6, 6.07) is 21.6. The molecule has 2 amide bonds. The smallest absolute Gasteiger partial charge is 0.336 e. The maximum absolute atomic E-state index is 13.8. The highest BCUT2D eigenvalue weighted by Crippen LogP contribution is 2.30. The van der Waals surface area contributed by atoms with E-state index in [-0.39, 0.29) is 48.6 Å². The third kappa shape index (κ3) is 8.53. The van der Waals surface area contributed by atoms with E-state index in [0.29, 0.717) is 38.0 Å². The van der Waals surface area contributed by atoms with Crippen molar-refractivity contribution in [2.45, 2.75) is 51.2 Å². The van der Waals surface area contributed by atoms with Gasteiger partial charge in [0.05, 0.1) is 12.1 Å². The van der Waals surface area contributed by atoms with E-state index in [1.807, 2.05) is 68.4 Å². The Balaban J connectivity index is 0.00000294. The number of fused-ring (bicyclic) bond motifs is 1. The van der Waals surface area contributed by atoms with Crippen molar-refractivity contribution in [1.29, 1.82) is 0 Å². The van der Waals surface area contributed by atoms with Crippen molar-refractivity contribution < 1.29 is 19.5 Å². The molecule has 0 aromatic heterocycles. The van der Waals surface area contributed by atoms with Crippen LogP contribution in [0.1, 0.15) is 48.2 Å². The fourth-order valence-electron chi connectivity index (χ4n) is 5.03. The molecule has 1 aliphatic rings. The number of nitrogens with two attached hydrogens (primary N) is 1. The summed E-state index contributed by atoms with van der Waals surface area (Å²) in [5.74, 6) is -1.32. The maximum Gasteiger partial charge on any atom is 0.336 e. The van der Waals surface area contributed by atoms with Gasteiger partial charge >= 0.3 is 5.97 Å². The van der Waals surface area contributed by atoms with Gasteiger partial charge in [-0.2, -0.15) is 0 Å². The molecule has 220 valence electrons. The Bertz CT molecular complexity index is 1350. The molecule has 0 aliphatic carbocycles. The number of aromatic carboxylic acids is 1.